The van der Waals surface area contributed by atoms with E-state index >= 15 is 0 Å². The van der Waals surface area contributed by atoms with E-state index in [0.717, 1.165) is 0 Å². The van der Waals surface area contributed by atoms with E-state index in [9.17, 15) is 9.90 Å². The molecule has 1 aliphatic heterocycles. The molecule has 1 saturated heterocycles. The van der Waals surface area contributed by atoms with Crippen LogP contribution in [0.3, 0.4) is 0 Å². The molecule has 1 aliphatic rings. The standard InChI is InChI=1S/C10H13N5O4.Na/c1-5-3-15(10(18)12-9(5)17)8-2-6(13-14-11)7(4-16)19-8;/h3,6-8,16H,2,4H2,1H3,(H,12,17,18);/q;+1/p-1/t6-,7+,8+;/m0./s1. The molecule has 2 heterocycles. The Morgan fingerprint density at radius 3 is 3.05 bits per heavy atom. The van der Waals surface area contributed by atoms with Gasteiger partial charge in [-0.3, -0.25) is 4.57 Å². The first-order valence-electron chi connectivity index (χ1n) is 5.64. The van der Waals surface area contributed by atoms with Gasteiger partial charge in [-0.15, -0.1) is 0 Å². The summed E-state index contributed by atoms with van der Waals surface area (Å²) >= 11 is 0. The summed E-state index contributed by atoms with van der Waals surface area (Å²) in [6.45, 7) is 1.22. The van der Waals surface area contributed by atoms with Crippen LogP contribution in [0.1, 0.15) is 18.2 Å². The molecule has 9 nitrogen and oxygen atoms in total. The Morgan fingerprint density at radius 1 is 1.75 bits per heavy atom. The van der Waals surface area contributed by atoms with E-state index in [-0.39, 0.29) is 42.6 Å². The summed E-state index contributed by atoms with van der Waals surface area (Å²) in [4.78, 5) is 17.7. The molecule has 0 spiro atoms. The molecule has 1 fully saturated rings. The average Bonchev–Trinajstić information content (AvgIpc) is 2.77. The van der Waals surface area contributed by atoms with Crippen LogP contribution in [0.4, 0.5) is 0 Å². The van der Waals surface area contributed by atoms with Crippen molar-refractivity contribution < 1.29 is 44.5 Å². The van der Waals surface area contributed by atoms with Crippen LogP contribution in [0.25, 0.3) is 10.4 Å². The molecule has 0 aliphatic carbocycles. The number of aryl methyl sites for hydroxylation is 1. The van der Waals surface area contributed by atoms with Crippen LogP contribution in [0, 0.1) is 6.92 Å². The third-order valence-electron chi connectivity index (χ3n) is 2.98. The Balaban J connectivity index is 0.00000200. The monoisotopic (exact) mass is 289 g/mol. The van der Waals surface area contributed by atoms with E-state index in [1.54, 1.807) is 0 Å². The fraction of sp³-hybridized carbons (Fsp3) is 0.600. The van der Waals surface area contributed by atoms with Crippen molar-refractivity contribution in [1.29, 1.82) is 0 Å². The number of aliphatic hydroxyl groups is 1. The fourth-order valence-corrected chi connectivity index (χ4v) is 2.00. The predicted molar refractivity (Wildman–Crippen MR) is 61.2 cm³/mol. The molecule has 0 bridgehead atoms. The fourth-order valence-electron chi connectivity index (χ4n) is 2.00. The number of ether oxygens (including phenoxy) is 1. The van der Waals surface area contributed by atoms with Gasteiger partial charge in [0.25, 0.3) is 0 Å². The van der Waals surface area contributed by atoms with Gasteiger partial charge in [-0.25, -0.2) is 9.78 Å². The van der Waals surface area contributed by atoms with E-state index in [0.29, 0.717) is 5.56 Å². The predicted octanol–water partition coefficient (Wildman–Crippen LogP) is -3.41. The van der Waals surface area contributed by atoms with E-state index < -0.39 is 29.9 Å². The first-order valence-corrected chi connectivity index (χ1v) is 5.64. The first kappa shape index (κ1) is 17.0. The van der Waals surface area contributed by atoms with Crippen molar-refractivity contribution in [2.45, 2.75) is 31.7 Å². The zero-order chi connectivity index (χ0) is 14.0. The third kappa shape index (κ3) is 3.32. The van der Waals surface area contributed by atoms with Gasteiger partial charge in [0.05, 0.1) is 18.8 Å². The second kappa shape index (κ2) is 7.07. The van der Waals surface area contributed by atoms with Gasteiger partial charge in [0.15, 0.2) is 0 Å². The molecule has 1 aromatic rings. The molecule has 1 N–H and O–H groups in total. The molecule has 2 rings (SSSR count). The largest absolute Gasteiger partial charge is 1.00 e. The quantitative estimate of drug-likeness (QED) is 0.267. The summed E-state index contributed by atoms with van der Waals surface area (Å²) in [5.74, 6) is -0.579. The number of hydrogen-bond donors (Lipinski definition) is 1. The van der Waals surface area contributed by atoms with Gasteiger partial charge < -0.3 is 14.9 Å². The minimum Gasteiger partial charge on any atom is -0.858 e. The average molecular weight is 289 g/mol. The zero-order valence-electron chi connectivity index (χ0n) is 11.1. The molecule has 3 atom stereocenters. The van der Waals surface area contributed by atoms with Crippen LogP contribution in [0.2, 0.25) is 0 Å². The van der Waals surface area contributed by atoms with Crippen molar-refractivity contribution in [3.05, 3.63) is 32.7 Å². The zero-order valence-corrected chi connectivity index (χ0v) is 13.1. The maximum Gasteiger partial charge on any atom is 1.00 e. The van der Waals surface area contributed by atoms with E-state index in [2.05, 4.69) is 15.0 Å². The van der Waals surface area contributed by atoms with Crippen LogP contribution >= 0.6 is 0 Å². The summed E-state index contributed by atoms with van der Waals surface area (Å²) in [5, 5.41) is 23.9. The van der Waals surface area contributed by atoms with Gasteiger partial charge in [-0.05, 0) is 23.9 Å². The van der Waals surface area contributed by atoms with E-state index in [1.165, 1.54) is 17.7 Å². The number of aromatic nitrogens is 2. The Bertz CT molecular complexity index is 586. The summed E-state index contributed by atoms with van der Waals surface area (Å²) in [7, 11) is 0. The summed E-state index contributed by atoms with van der Waals surface area (Å²) in [6.07, 6.45) is 0.232. The van der Waals surface area contributed by atoms with Crippen LogP contribution in [0.5, 0.6) is 5.88 Å². The molecular formula is C10H12N5NaO4. The minimum atomic E-state index is -0.723. The molecular weight excluding hydrogens is 277 g/mol. The summed E-state index contributed by atoms with van der Waals surface area (Å²) in [6, 6.07) is -0.556. The van der Waals surface area contributed by atoms with E-state index in [1.807, 2.05) is 0 Å². The van der Waals surface area contributed by atoms with Crippen LogP contribution in [0.15, 0.2) is 16.1 Å². The van der Waals surface area contributed by atoms with Gasteiger partial charge >= 0.3 is 35.2 Å². The van der Waals surface area contributed by atoms with Gasteiger partial charge in [0, 0.05) is 17.5 Å². The normalized spacial score (nSPS) is 24.8. The molecule has 0 radical (unpaired) electrons. The molecule has 0 aromatic carbocycles. The van der Waals surface area contributed by atoms with Crippen molar-refractivity contribution in [3.8, 4) is 5.88 Å². The second-order valence-corrected chi connectivity index (χ2v) is 4.24. The van der Waals surface area contributed by atoms with Crippen LogP contribution < -0.4 is 40.4 Å². The van der Waals surface area contributed by atoms with Gasteiger partial charge in [-0.2, -0.15) is 0 Å². The molecule has 10 heteroatoms. The summed E-state index contributed by atoms with van der Waals surface area (Å²) < 4.78 is 6.62. The SMILES string of the molecule is Cc1cn([C@H]2C[C@H](N=[N+]=[N-])[C@@H](CO)O2)c(=O)nc1[O-].[Na+]. The van der Waals surface area contributed by atoms with Gasteiger partial charge in [0.1, 0.15) is 6.23 Å². The Hall–Kier alpha value is -1.09. The number of hydrogen-bond acceptors (Lipinski definition) is 6. The van der Waals surface area contributed by atoms with Gasteiger partial charge in [0.2, 0.25) is 0 Å². The number of aliphatic hydroxyl groups excluding tert-OH is 1. The molecule has 0 saturated carbocycles. The van der Waals surface area contributed by atoms with E-state index in [4.69, 9.17) is 15.4 Å². The van der Waals surface area contributed by atoms with Crippen LogP contribution in [-0.2, 0) is 4.74 Å². The topological polar surface area (TPSA) is 136 Å². The third-order valence-corrected chi connectivity index (χ3v) is 2.98. The first-order chi connectivity index (χ1) is 9.06. The Labute approximate surface area is 136 Å². The van der Waals surface area contributed by atoms with Crippen molar-refractivity contribution >= 4 is 0 Å². The molecule has 1 aromatic heterocycles. The smallest absolute Gasteiger partial charge is 0.858 e. The van der Waals surface area contributed by atoms with Gasteiger partial charge in [-0.1, -0.05) is 5.11 Å². The summed E-state index contributed by atoms with van der Waals surface area (Å²) in [5.41, 5.74) is 8.02. The van der Waals surface area contributed by atoms with Crippen LogP contribution in [-0.4, -0.2) is 33.4 Å². The van der Waals surface area contributed by atoms with Crippen molar-refractivity contribution in [2.24, 2.45) is 5.11 Å². The number of rotatable bonds is 3. The molecule has 102 valence electrons. The Morgan fingerprint density at radius 2 is 2.45 bits per heavy atom. The van der Waals surface area contributed by atoms with Crippen molar-refractivity contribution in [1.82, 2.24) is 9.55 Å². The van der Waals surface area contributed by atoms with Crippen molar-refractivity contribution in [2.75, 3.05) is 6.61 Å². The maximum atomic E-state index is 11.6. The van der Waals surface area contributed by atoms with Crippen molar-refractivity contribution in [3.63, 3.8) is 0 Å². The minimum absolute atomic E-state index is 0. The maximum absolute atomic E-state index is 11.6. The second-order valence-electron chi connectivity index (χ2n) is 4.24. The number of azide groups is 1. The number of nitrogens with zero attached hydrogens (tertiary/aromatic N) is 5. The Kier molecular flexibility index (Phi) is 6.00. The molecule has 0 amide bonds. The molecule has 20 heavy (non-hydrogen) atoms. The molecule has 0 unspecified atom stereocenters.